The van der Waals surface area contributed by atoms with Crippen molar-refractivity contribution >= 4 is 29.5 Å². The summed E-state index contributed by atoms with van der Waals surface area (Å²) in [6, 6.07) is 2.68. The molecule has 2 amide bonds. The standard InChI is InChI=1S/C14H14N2O5S/c1-7-6-22-13-10(12(18)16(13)11(7)14(19)20)15-9(17)5-8-3-2-4-21-8/h2-4,10,13H,5-6H2,1H3,(H,15,17)(H,19,20). The second-order valence-electron chi connectivity index (χ2n) is 5.15. The topological polar surface area (TPSA) is 99.9 Å². The highest BCUT2D eigenvalue weighted by atomic mass is 32.2. The maximum absolute atomic E-state index is 12.2. The van der Waals surface area contributed by atoms with E-state index in [0.29, 0.717) is 17.1 Å². The Labute approximate surface area is 130 Å². The van der Waals surface area contributed by atoms with Gasteiger partial charge in [-0.25, -0.2) is 4.79 Å². The number of β-lactam (4-membered cyclic amide) rings is 1. The zero-order chi connectivity index (χ0) is 15.9. The lowest BCUT2D eigenvalue weighted by Gasteiger charge is -2.49. The quantitative estimate of drug-likeness (QED) is 0.787. The molecule has 8 heteroatoms. The summed E-state index contributed by atoms with van der Waals surface area (Å²) in [5.74, 6) is -0.782. The highest BCUT2D eigenvalue weighted by Crippen LogP contribution is 2.40. The van der Waals surface area contributed by atoms with Gasteiger partial charge in [-0.3, -0.25) is 14.5 Å². The number of aliphatic carboxylic acids is 1. The van der Waals surface area contributed by atoms with Crippen LogP contribution in [0.3, 0.4) is 0 Å². The molecule has 1 saturated heterocycles. The van der Waals surface area contributed by atoms with Crippen molar-refractivity contribution in [2.24, 2.45) is 0 Å². The number of carboxylic acids is 1. The molecule has 116 valence electrons. The first-order valence-electron chi connectivity index (χ1n) is 6.68. The number of hydrogen-bond acceptors (Lipinski definition) is 5. The predicted octanol–water partition coefficient (Wildman–Crippen LogP) is 0.581. The zero-order valence-electron chi connectivity index (χ0n) is 11.7. The van der Waals surface area contributed by atoms with Crippen LogP contribution in [0.25, 0.3) is 0 Å². The minimum atomic E-state index is -1.11. The fourth-order valence-corrected chi connectivity index (χ4v) is 3.86. The Balaban J connectivity index is 1.68. The van der Waals surface area contributed by atoms with Crippen molar-refractivity contribution in [2.45, 2.75) is 24.8 Å². The molecule has 2 aliphatic heterocycles. The van der Waals surface area contributed by atoms with Crippen LogP contribution >= 0.6 is 11.8 Å². The van der Waals surface area contributed by atoms with Gasteiger partial charge in [0.05, 0.1) is 12.7 Å². The Bertz CT molecular complexity index is 667. The maximum atomic E-state index is 12.2. The average molecular weight is 322 g/mol. The molecule has 0 aliphatic carbocycles. The van der Waals surface area contributed by atoms with Gasteiger partial charge in [0.25, 0.3) is 5.91 Å². The molecule has 3 rings (SSSR count). The molecule has 0 aromatic carbocycles. The molecule has 1 aromatic heterocycles. The lowest BCUT2D eigenvalue weighted by Crippen LogP contribution is -2.70. The van der Waals surface area contributed by atoms with Crippen LogP contribution in [0.4, 0.5) is 0 Å². The van der Waals surface area contributed by atoms with Gasteiger partial charge < -0.3 is 14.8 Å². The second kappa shape index (κ2) is 5.53. The molecule has 0 saturated carbocycles. The molecular formula is C14H14N2O5S. The summed E-state index contributed by atoms with van der Waals surface area (Å²) in [5.41, 5.74) is 0.688. The van der Waals surface area contributed by atoms with Gasteiger partial charge in [0, 0.05) is 5.75 Å². The summed E-state index contributed by atoms with van der Waals surface area (Å²) in [4.78, 5) is 36.6. The Hall–Kier alpha value is -2.22. The van der Waals surface area contributed by atoms with Crippen molar-refractivity contribution in [3.8, 4) is 0 Å². The lowest BCUT2D eigenvalue weighted by molar-refractivity contribution is -0.150. The summed E-state index contributed by atoms with van der Waals surface area (Å²) in [5, 5.41) is 11.5. The summed E-state index contributed by atoms with van der Waals surface area (Å²) in [6.45, 7) is 1.70. The van der Waals surface area contributed by atoms with E-state index in [2.05, 4.69) is 5.32 Å². The molecule has 1 aromatic rings. The first-order chi connectivity index (χ1) is 10.5. The van der Waals surface area contributed by atoms with Crippen molar-refractivity contribution < 1.29 is 23.9 Å². The maximum Gasteiger partial charge on any atom is 0.352 e. The molecule has 0 bridgehead atoms. The smallest absolute Gasteiger partial charge is 0.352 e. The van der Waals surface area contributed by atoms with Crippen LogP contribution in [0.5, 0.6) is 0 Å². The van der Waals surface area contributed by atoms with Crippen molar-refractivity contribution in [1.82, 2.24) is 10.2 Å². The van der Waals surface area contributed by atoms with Gasteiger partial charge in [-0.15, -0.1) is 11.8 Å². The minimum Gasteiger partial charge on any atom is -0.477 e. The van der Waals surface area contributed by atoms with Gasteiger partial charge in [-0.05, 0) is 24.6 Å². The van der Waals surface area contributed by atoms with Gasteiger partial charge in [0.2, 0.25) is 5.91 Å². The van der Waals surface area contributed by atoms with Gasteiger partial charge in [-0.1, -0.05) is 0 Å². The number of hydrogen-bond donors (Lipinski definition) is 2. The number of thioether (sulfide) groups is 1. The van der Waals surface area contributed by atoms with Crippen LogP contribution in [0, 0.1) is 0 Å². The van der Waals surface area contributed by atoms with E-state index in [1.807, 2.05) is 0 Å². The largest absolute Gasteiger partial charge is 0.477 e. The summed E-state index contributed by atoms with van der Waals surface area (Å²) in [7, 11) is 0. The van der Waals surface area contributed by atoms with Crippen molar-refractivity contribution in [3.63, 3.8) is 0 Å². The van der Waals surface area contributed by atoms with E-state index in [4.69, 9.17) is 4.42 Å². The molecule has 7 nitrogen and oxygen atoms in total. The molecule has 2 aliphatic rings. The molecule has 22 heavy (non-hydrogen) atoms. The van der Waals surface area contributed by atoms with E-state index in [9.17, 15) is 19.5 Å². The third-order valence-corrected chi connectivity index (χ3v) is 5.02. The SMILES string of the molecule is CC1=C(C(=O)O)N2C(=O)C(NC(=O)Cc3ccco3)C2SC1. The van der Waals surface area contributed by atoms with E-state index in [-0.39, 0.29) is 29.3 Å². The van der Waals surface area contributed by atoms with E-state index in [0.717, 1.165) is 0 Å². The van der Waals surface area contributed by atoms with Crippen LogP contribution in [0.15, 0.2) is 34.1 Å². The number of amides is 2. The Morgan fingerprint density at radius 2 is 2.32 bits per heavy atom. The fourth-order valence-electron chi connectivity index (χ4n) is 2.57. The first-order valence-corrected chi connectivity index (χ1v) is 7.73. The molecular weight excluding hydrogens is 308 g/mol. The number of nitrogens with zero attached hydrogens (tertiary/aromatic N) is 1. The van der Waals surface area contributed by atoms with Gasteiger partial charge in [-0.2, -0.15) is 0 Å². The van der Waals surface area contributed by atoms with E-state index in [1.54, 1.807) is 19.1 Å². The van der Waals surface area contributed by atoms with Crippen molar-refractivity contribution in [1.29, 1.82) is 0 Å². The molecule has 2 N–H and O–H groups in total. The highest BCUT2D eigenvalue weighted by Gasteiger charge is 2.53. The Kier molecular flexibility index (Phi) is 3.69. The zero-order valence-corrected chi connectivity index (χ0v) is 12.6. The van der Waals surface area contributed by atoms with Crippen LogP contribution in [0.1, 0.15) is 12.7 Å². The fraction of sp³-hybridized carbons (Fsp3) is 0.357. The molecule has 0 spiro atoms. The molecule has 2 unspecified atom stereocenters. The minimum absolute atomic E-state index is 0.0327. The lowest BCUT2D eigenvalue weighted by atomic mass is 10.0. The average Bonchev–Trinajstić information content (AvgIpc) is 2.97. The predicted molar refractivity (Wildman–Crippen MR) is 77.8 cm³/mol. The number of carboxylic acid groups (broad SMARTS) is 1. The van der Waals surface area contributed by atoms with Crippen LogP contribution in [-0.2, 0) is 20.8 Å². The molecule has 0 radical (unpaired) electrons. The molecule has 2 atom stereocenters. The van der Waals surface area contributed by atoms with Crippen molar-refractivity contribution in [3.05, 3.63) is 35.4 Å². The number of fused-ring (bicyclic) bond motifs is 1. The normalized spacial score (nSPS) is 23.9. The Morgan fingerprint density at radius 3 is 2.95 bits per heavy atom. The molecule has 1 fully saturated rings. The summed E-state index contributed by atoms with van der Waals surface area (Å²) < 4.78 is 5.09. The van der Waals surface area contributed by atoms with Crippen LogP contribution in [0.2, 0.25) is 0 Å². The number of rotatable bonds is 4. The van der Waals surface area contributed by atoms with Crippen LogP contribution in [-0.4, -0.2) is 45.0 Å². The van der Waals surface area contributed by atoms with Gasteiger partial charge >= 0.3 is 5.97 Å². The van der Waals surface area contributed by atoms with Gasteiger partial charge in [0.15, 0.2) is 0 Å². The van der Waals surface area contributed by atoms with Gasteiger partial charge in [0.1, 0.15) is 22.9 Å². The highest BCUT2D eigenvalue weighted by molar-refractivity contribution is 8.00. The number of carbonyl (C=O) groups excluding carboxylic acids is 2. The monoisotopic (exact) mass is 322 g/mol. The first kappa shape index (κ1) is 14.7. The number of nitrogens with one attached hydrogen (secondary N) is 1. The number of carbonyl (C=O) groups is 3. The molecule has 3 heterocycles. The van der Waals surface area contributed by atoms with Crippen molar-refractivity contribution in [2.75, 3.05) is 5.75 Å². The van der Waals surface area contributed by atoms with E-state index >= 15 is 0 Å². The third-order valence-electron chi connectivity index (χ3n) is 3.59. The second-order valence-corrected chi connectivity index (χ2v) is 6.25. The third kappa shape index (κ3) is 2.39. The summed E-state index contributed by atoms with van der Waals surface area (Å²) in [6.07, 6.45) is 1.53. The summed E-state index contributed by atoms with van der Waals surface area (Å²) >= 11 is 1.45. The van der Waals surface area contributed by atoms with E-state index < -0.39 is 12.0 Å². The van der Waals surface area contributed by atoms with Crippen LogP contribution < -0.4 is 5.32 Å². The van der Waals surface area contributed by atoms with E-state index in [1.165, 1.54) is 22.9 Å². The number of furan rings is 1. The Morgan fingerprint density at radius 1 is 1.55 bits per heavy atom.